The van der Waals surface area contributed by atoms with Gasteiger partial charge in [0.1, 0.15) is 11.6 Å². The molecule has 0 saturated heterocycles. The van der Waals surface area contributed by atoms with Gasteiger partial charge in [-0.1, -0.05) is 6.07 Å². The molecule has 0 spiro atoms. The Morgan fingerprint density at radius 3 is 2.68 bits per heavy atom. The zero-order valence-corrected chi connectivity index (χ0v) is 15.1. The summed E-state index contributed by atoms with van der Waals surface area (Å²) in [4.78, 5) is 11.3. The van der Waals surface area contributed by atoms with Gasteiger partial charge in [0.15, 0.2) is 0 Å². The quantitative estimate of drug-likeness (QED) is 0.712. The average Bonchev–Trinajstić information content (AvgIpc) is 3.40. The lowest BCUT2D eigenvalue weighted by molar-refractivity contribution is 0.405. The van der Waals surface area contributed by atoms with Crippen LogP contribution < -0.4 is 10.6 Å². The van der Waals surface area contributed by atoms with Crippen molar-refractivity contribution in [2.45, 2.75) is 32.1 Å². The molecule has 1 aliphatic rings. The summed E-state index contributed by atoms with van der Waals surface area (Å²) in [6, 6.07) is 7.10. The van der Waals surface area contributed by atoms with Crippen molar-refractivity contribution >= 4 is 17.5 Å². The van der Waals surface area contributed by atoms with Crippen molar-refractivity contribution in [1.82, 2.24) is 14.9 Å². The highest BCUT2D eigenvalue weighted by molar-refractivity contribution is 5.58. The Hall–Kier alpha value is -2.21. The van der Waals surface area contributed by atoms with Crippen LogP contribution in [0.1, 0.15) is 36.4 Å². The summed E-state index contributed by atoms with van der Waals surface area (Å²) in [5.41, 5.74) is 2.39. The van der Waals surface area contributed by atoms with Gasteiger partial charge in [-0.2, -0.15) is 4.98 Å². The average molecular weight is 343 g/mol. The van der Waals surface area contributed by atoms with Gasteiger partial charge >= 0.3 is 0 Å². The maximum absolute atomic E-state index is 13.8. The number of nitrogens with zero attached hydrogens (tertiary/aromatic N) is 3. The van der Waals surface area contributed by atoms with Crippen LogP contribution in [0.5, 0.6) is 0 Å². The number of hydrogen-bond acceptors (Lipinski definition) is 5. The predicted octanol–water partition coefficient (Wildman–Crippen LogP) is 3.91. The van der Waals surface area contributed by atoms with Crippen LogP contribution in [-0.2, 0) is 0 Å². The second-order valence-corrected chi connectivity index (χ2v) is 6.95. The van der Waals surface area contributed by atoms with E-state index in [9.17, 15) is 4.39 Å². The first-order chi connectivity index (χ1) is 12.0. The van der Waals surface area contributed by atoms with Gasteiger partial charge in [0.25, 0.3) is 0 Å². The summed E-state index contributed by atoms with van der Waals surface area (Å²) >= 11 is 0. The van der Waals surface area contributed by atoms with Crippen LogP contribution in [0.25, 0.3) is 0 Å². The van der Waals surface area contributed by atoms with E-state index < -0.39 is 0 Å². The number of aromatic nitrogens is 2. The largest absolute Gasteiger partial charge is 0.354 e. The van der Waals surface area contributed by atoms with Gasteiger partial charge in [-0.3, -0.25) is 0 Å². The predicted molar refractivity (Wildman–Crippen MR) is 100 cm³/mol. The molecule has 3 rings (SSSR count). The van der Waals surface area contributed by atoms with E-state index in [1.807, 2.05) is 12.1 Å². The fourth-order valence-electron chi connectivity index (χ4n) is 2.61. The van der Waals surface area contributed by atoms with Crippen molar-refractivity contribution in [2.75, 3.05) is 37.8 Å². The fourth-order valence-corrected chi connectivity index (χ4v) is 2.61. The Labute approximate surface area is 148 Å². The first kappa shape index (κ1) is 17.6. The van der Waals surface area contributed by atoms with E-state index in [0.717, 1.165) is 25.2 Å². The molecule has 134 valence electrons. The van der Waals surface area contributed by atoms with Crippen LogP contribution in [0.3, 0.4) is 0 Å². The van der Waals surface area contributed by atoms with Gasteiger partial charge in [0.05, 0.1) is 5.69 Å². The van der Waals surface area contributed by atoms with Crippen molar-refractivity contribution in [3.63, 3.8) is 0 Å². The number of hydrogen-bond donors (Lipinski definition) is 2. The highest BCUT2D eigenvalue weighted by atomic mass is 19.1. The van der Waals surface area contributed by atoms with Gasteiger partial charge in [0.2, 0.25) is 5.95 Å². The molecule has 1 aromatic carbocycles. The zero-order chi connectivity index (χ0) is 17.8. The van der Waals surface area contributed by atoms with Gasteiger partial charge in [-0.15, -0.1) is 0 Å². The molecule has 25 heavy (non-hydrogen) atoms. The molecule has 1 heterocycles. The number of nitrogens with one attached hydrogen (secondary N) is 2. The molecule has 1 fully saturated rings. The molecule has 0 bridgehead atoms. The van der Waals surface area contributed by atoms with Gasteiger partial charge in [0, 0.05) is 24.2 Å². The van der Waals surface area contributed by atoms with Crippen LogP contribution in [0, 0.1) is 12.7 Å². The number of halogens is 1. The Kier molecular flexibility index (Phi) is 5.48. The second kappa shape index (κ2) is 7.78. The lowest BCUT2D eigenvalue weighted by Gasteiger charge is -2.13. The molecule has 0 atom stereocenters. The molecule has 2 N–H and O–H groups in total. The van der Waals surface area contributed by atoms with Crippen LogP contribution in [0.2, 0.25) is 0 Å². The summed E-state index contributed by atoms with van der Waals surface area (Å²) < 4.78 is 13.8. The highest BCUT2D eigenvalue weighted by Crippen LogP contribution is 2.40. The molecule has 1 aliphatic carbocycles. The Bertz CT molecular complexity index is 728. The number of aryl methyl sites for hydroxylation is 1. The maximum atomic E-state index is 13.8. The van der Waals surface area contributed by atoms with Crippen LogP contribution in [0.4, 0.5) is 21.8 Å². The summed E-state index contributed by atoms with van der Waals surface area (Å²) in [7, 11) is 4.12. The van der Waals surface area contributed by atoms with E-state index >= 15 is 0 Å². The van der Waals surface area contributed by atoms with E-state index in [-0.39, 0.29) is 5.82 Å². The topological polar surface area (TPSA) is 53.1 Å². The molecule has 2 aromatic rings. The first-order valence-corrected chi connectivity index (χ1v) is 8.82. The second-order valence-electron chi connectivity index (χ2n) is 6.95. The summed E-state index contributed by atoms with van der Waals surface area (Å²) in [5, 5.41) is 6.51. The zero-order valence-electron chi connectivity index (χ0n) is 15.1. The van der Waals surface area contributed by atoms with E-state index in [2.05, 4.69) is 39.6 Å². The number of rotatable bonds is 8. The maximum Gasteiger partial charge on any atom is 0.224 e. The lowest BCUT2D eigenvalue weighted by Crippen LogP contribution is -2.17. The molecule has 1 saturated carbocycles. The molecular formula is C19H26FN5. The number of benzene rings is 1. The monoisotopic (exact) mass is 343 g/mol. The minimum Gasteiger partial charge on any atom is -0.354 e. The van der Waals surface area contributed by atoms with E-state index in [1.54, 1.807) is 13.0 Å². The Balaban J connectivity index is 1.72. The molecular weight excluding hydrogens is 317 g/mol. The normalized spacial score (nSPS) is 14.0. The standard InChI is InChI=1S/C19H26FN5/c1-13-5-8-15(11-16(13)20)22-18-12-17(14-6-7-14)23-19(24-18)21-9-4-10-25(2)3/h5,8,11-12,14H,4,6-7,9-10H2,1-3H3,(H2,21,22,23,24). The van der Waals surface area contributed by atoms with E-state index in [0.29, 0.717) is 28.9 Å². The van der Waals surface area contributed by atoms with Gasteiger partial charge in [-0.25, -0.2) is 9.37 Å². The Morgan fingerprint density at radius 1 is 1.20 bits per heavy atom. The SMILES string of the molecule is Cc1ccc(Nc2cc(C3CC3)nc(NCCCN(C)C)n2)cc1F. The third-order valence-corrected chi connectivity index (χ3v) is 4.25. The summed E-state index contributed by atoms with van der Waals surface area (Å²) in [6.07, 6.45) is 3.38. The van der Waals surface area contributed by atoms with Crippen molar-refractivity contribution < 1.29 is 4.39 Å². The van der Waals surface area contributed by atoms with Crippen molar-refractivity contribution in [3.8, 4) is 0 Å². The van der Waals surface area contributed by atoms with Crippen molar-refractivity contribution in [1.29, 1.82) is 0 Å². The summed E-state index contributed by atoms with van der Waals surface area (Å²) in [5.74, 6) is 1.65. The molecule has 6 heteroatoms. The molecule has 0 aliphatic heterocycles. The summed E-state index contributed by atoms with van der Waals surface area (Å²) in [6.45, 7) is 3.60. The smallest absolute Gasteiger partial charge is 0.224 e. The molecule has 0 unspecified atom stereocenters. The third-order valence-electron chi connectivity index (χ3n) is 4.25. The third kappa shape index (κ3) is 5.13. The van der Waals surface area contributed by atoms with Crippen molar-refractivity contribution in [2.24, 2.45) is 0 Å². The van der Waals surface area contributed by atoms with E-state index in [1.165, 1.54) is 18.9 Å². The minimum absolute atomic E-state index is 0.219. The molecule has 1 aromatic heterocycles. The lowest BCUT2D eigenvalue weighted by atomic mass is 10.2. The van der Waals surface area contributed by atoms with Crippen molar-refractivity contribution in [3.05, 3.63) is 41.3 Å². The van der Waals surface area contributed by atoms with Crippen LogP contribution in [-0.4, -0.2) is 42.1 Å². The van der Waals surface area contributed by atoms with Crippen LogP contribution in [0.15, 0.2) is 24.3 Å². The Morgan fingerprint density at radius 2 is 2.00 bits per heavy atom. The van der Waals surface area contributed by atoms with Gasteiger partial charge in [-0.05, 0) is 64.5 Å². The fraction of sp³-hybridized carbons (Fsp3) is 0.474. The molecule has 0 amide bonds. The van der Waals surface area contributed by atoms with Gasteiger partial charge < -0.3 is 15.5 Å². The first-order valence-electron chi connectivity index (χ1n) is 8.82. The minimum atomic E-state index is -0.219. The molecule has 5 nitrogen and oxygen atoms in total. The molecule has 0 radical (unpaired) electrons. The number of anilines is 3. The van der Waals surface area contributed by atoms with Crippen LogP contribution >= 0.6 is 0 Å². The highest BCUT2D eigenvalue weighted by Gasteiger charge is 2.26. The van der Waals surface area contributed by atoms with E-state index in [4.69, 9.17) is 0 Å².